The lowest BCUT2D eigenvalue weighted by molar-refractivity contribution is -0.143. The van der Waals surface area contributed by atoms with Gasteiger partial charge in [0.05, 0.1) is 12.6 Å². The van der Waals surface area contributed by atoms with E-state index in [0.29, 0.717) is 25.8 Å². The standard InChI is InChI=1S/C19H35N5O8/c1-10(2)15(18(30)23-13(9-25)19(31)32)24-17(29)12(6-7-14(26)27)22-16(28)11(21)5-3-4-8-20/h10-13,15,25H,3-9,20-21H2,1-2H3,(H,22,28)(H,23,30)(H,24,29)(H,26,27)(H,31,32). The zero-order valence-corrected chi connectivity index (χ0v) is 18.4. The average molecular weight is 462 g/mol. The van der Waals surface area contributed by atoms with Crippen LogP contribution in [-0.4, -0.2) is 82.3 Å². The summed E-state index contributed by atoms with van der Waals surface area (Å²) in [6.07, 6.45) is 0.918. The van der Waals surface area contributed by atoms with Gasteiger partial charge in [-0.2, -0.15) is 0 Å². The van der Waals surface area contributed by atoms with Crippen LogP contribution >= 0.6 is 0 Å². The molecule has 10 N–H and O–H groups in total. The Morgan fingerprint density at radius 1 is 0.844 bits per heavy atom. The van der Waals surface area contributed by atoms with Crippen molar-refractivity contribution in [1.82, 2.24) is 16.0 Å². The largest absolute Gasteiger partial charge is 0.481 e. The molecule has 0 radical (unpaired) electrons. The summed E-state index contributed by atoms with van der Waals surface area (Å²) in [6.45, 7) is 2.78. The van der Waals surface area contributed by atoms with E-state index in [1.54, 1.807) is 13.8 Å². The number of nitrogens with two attached hydrogens (primary N) is 2. The predicted molar refractivity (Wildman–Crippen MR) is 113 cm³/mol. The van der Waals surface area contributed by atoms with Crippen molar-refractivity contribution in [2.45, 2.75) is 70.1 Å². The van der Waals surface area contributed by atoms with Crippen LogP contribution in [0.5, 0.6) is 0 Å². The van der Waals surface area contributed by atoms with Crippen molar-refractivity contribution in [2.24, 2.45) is 17.4 Å². The number of aliphatic hydroxyl groups is 1. The quantitative estimate of drug-likeness (QED) is 0.112. The summed E-state index contributed by atoms with van der Waals surface area (Å²) in [7, 11) is 0. The van der Waals surface area contributed by atoms with Crippen molar-refractivity contribution >= 4 is 29.7 Å². The minimum absolute atomic E-state index is 0.247. The van der Waals surface area contributed by atoms with Crippen molar-refractivity contribution in [1.29, 1.82) is 0 Å². The van der Waals surface area contributed by atoms with Crippen LogP contribution in [0.25, 0.3) is 0 Å². The molecule has 32 heavy (non-hydrogen) atoms. The molecule has 0 saturated carbocycles. The molecule has 0 spiro atoms. The first-order chi connectivity index (χ1) is 14.9. The molecule has 3 amide bonds. The molecule has 0 heterocycles. The van der Waals surface area contributed by atoms with E-state index in [1.165, 1.54) is 0 Å². The number of aliphatic carboxylic acids is 2. The fraction of sp³-hybridized carbons (Fsp3) is 0.737. The topological polar surface area (TPSA) is 234 Å². The Morgan fingerprint density at radius 3 is 1.91 bits per heavy atom. The van der Waals surface area contributed by atoms with E-state index >= 15 is 0 Å². The van der Waals surface area contributed by atoms with Crippen molar-refractivity contribution in [3.05, 3.63) is 0 Å². The lowest BCUT2D eigenvalue weighted by atomic mass is 10.0. The maximum absolute atomic E-state index is 12.8. The van der Waals surface area contributed by atoms with Crippen molar-refractivity contribution < 1.29 is 39.3 Å². The van der Waals surface area contributed by atoms with Gasteiger partial charge >= 0.3 is 11.9 Å². The number of rotatable bonds is 16. The van der Waals surface area contributed by atoms with Crippen molar-refractivity contribution in [3.8, 4) is 0 Å². The predicted octanol–water partition coefficient (Wildman–Crippen LogP) is -2.51. The van der Waals surface area contributed by atoms with Crippen LogP contribution in [0.1, 0.15) is 46.0 Å². The first-order valence-corrected chi connectivity index (χ1v) is 10.4. The number of carbonyl (C=O) groups is 5. The first kappa shape index (κ1) is 29.2. The highest BCUT2D eigenvalue weighted by Gasteiger charge is 2.31. The van der Waals surface area contributed by atoms with Gasteiger partial charge in [-0.3, -0.25) is 19.2 Å². The summed E-state index contributed by atoms with van der Waals surface area (Å²) in [5.74, 6) is -5.44. The second-order valence-electron chi connectivity index (χ2n) is 7.70. The summed E-state index contributed by atoms with van der Waals surface area (Å²) < 4.78 is 0. The molecule has 0 saturated heterocycles. The first-order valence-electron chi connectivity index (χ1n) is 10.4. The van der Waals surface area contributed by atoms with Gasteiger partial charge in [-0.1, -0.05) is 20.3 Å². The highest BCUT2D eigenvalue weighted by molar-refractivity contribution is 5.94. The maximum atomic E-state index is 12.8. The van der Waals surface area contributed by atoms with E-state index in [-0.39, 0.29) is 6.42 Å². The van der Waals surface area contributed by atoms with Gasteiger partial charge in [-0.15, -0.1) is 0 Å². The molecule has 0 bridgehead atoms. The number of carbonyl (C=O) groups excluding carboxylic acids is 3. The fourth-order valence-corrected chi connectivity index (χ4v) is 2.69. The van der Waals surface area contributed by atoms with Gasteiger partial charge in [-0.25, -0.2) is 4.79 Å². The third kappa shape index (κ3) is 11.0. The Labute approximate surface area is 186 Å². The molecule has 13 nitrogen and oxygen atoms in total. The Bertz CT molecular complexity index is 658. The number of carboxylic acid groups (broad SMARTS) is 2. The number of amides is 3. The van der Waals surface area contributed by atoms with E-state index in [1.807, 2.05) is 0 Å². The van der Waals surface area contributed by atoms with Gasteiger partial charge in [0.1, 0.15) is 18.1 Å². The maximum Gasteiger partial charge on any atom is 0.328 e. The van der Waals surface area contributed by atoms with Crippen LogP contribution in [0.2, 0.25) is 0 Å². The Kier molecular flexibility index (Phi) is 13.8. The number of hydrogen-bond donors (Lipinski definition) is 8. The summed E-state index contributed by atoms with van der Waals surface area (Å²) in [6, 6.07) is -4.96. The molecule has 4 atom stereocenters. The van der Waals surface area contributed by atoms with E-state index in [0.717, 1.165) is 0 Å². The van der Waals surface area contributed by atoms with Gasteiger partial charge in [-0.05, 0) is 31.7 Å². The van der Waals surface area contributed by atoms with Crippen molar-refractivity contribution in [3.63, 3.8) is 0 Å². The monoisotopic (exact) mass is 461 g/mol. The minimum atomic E-state index is -1.56. The molecule has 0 aliphatic carbocycles. The second-order valence-corrected chi connectivity index (χ2v) is 7.70. The number of hydrogen-bond acceptors (Lipinski definition) is 8. The normalized spacial score (nSPS) is 14.7. The zero-order valence-electron chi connectivity index (χ0n) is 18.4. The molecule has 0 aliphatic rings. The molecule has 0 aromatic heterocycles. The zero-order chi connectivity index (χ0) is 24.8. The molecule has 184 valence electrons. The van der Waals surface area contributed by atoms with E-state index in [4.69, 9.17) is 26.8 Å². The molecular formula is C19H35N5O8. The van der Waals surface area contributed by atoms with Gasteiger partial charge in [0.25, 0.3) is 0 Å². The number of unbranched alkanes of at least 4 members (excludes halogenated alkanes) is 1. The fourth-order valence-electron chi connectivity index (χ4n) is 2.69. The van der Waals surface area contributed by atoms with Crippen LogP contribution in [0.3, 0.4) is 0 Å². The Morgan fingerprint density at radius 2 is 1.44 bits per heavy atom. The average Bonchev–Trinajstić information content (AvgIpc) is 2.71. The highest BCUT2D eigenvalue weighted by Crippen LogP contribution is 2.07. The molecule has 0 rings (SSSR count). The molecule has 4 unspecified atom stereocenters. The summed E-state index contributed by atoms with van der Waals surface area (Å²) in [5, 5.41) is 33.9. The van der Waals surface area contributed by atoms with Crippen LogP contribution in [-0.2, 0) is 24.0 Å². The number of nitrogens with one attached hydrogen (secondary N) is 3. The van der Waals surface area contributed by atoms with Gasteiger partial charge in [0.15, 0.2) is 0 Å². The summed E-state index contributed by atoms with van der Waals surface area (Å²) in [4.78, 5) is 59.5. The third-order valence-electron chi connectivity index (χ3n) is 4.63. The number of aliphatic hydroxyl groups excluding tert-OH is 1. The third-order valence-corrected chi connectivity index (χ3v) is 4.63. The molecule has 0 aliphatic heterocycles. The van der Waals surface area contributed by atoms with E-state index < -0.39 is 72.8 Å². The Hall–Kier alpha value is -2.77. The summed E-state index contributed by atoms with van der Waals surface area (Å²) >= 11 is 0. The SMILES string of the molecule is CC(C)C(NC(=O)C(CCC(=O)O)NC(=O)C(N)CCCCN)C(=O)NC(CO)C(=O)O. The molecule has 0 aromatic rings. The van der Waals surface area contributed by atoms with E-state index in [9.17, 15) is 24.0 Å². The van der Waals surface area contributed by atoms with E-state index in [2.05, 4.69) is 16.0 Å². The van der Waals surface area contributed by atoms with Crippen LogP contribution < -0.4 is 27.4 Å². The molecule has 0 fully saturated rings. The number of carboxylic acids is 2. The van der Waals surface area contributed by atoms with Gasteiger partial charge in [0.2, 0.25) is 17.7 Å². The molecule has 13 heteroatoms. The van der Waals surface area contributed by atoms with Crippen LogP contribution in [0.15, 0.2) is 0 Å². The highest BCUT2D eigenvalue weighted by atomic mass is 16.4. The second kappa shape index (κ2) is 15.1. The van der Waals surface area contributed by atoms with Crippen molar-refractivity contribution in [2.75, 3.05) is 13.2 Å². The summed E-state index contributed by atoms with van der Waals surface area (Å²) in [5.41, 5.74) is 11.2. The Balaban J connectivity index is 5.32. The molecule has 0 aromatic carbocycles. The van der Waals surface area contributed by atoms with Gasteiger partial charge < -0.3 is 42.7 Å². The lowest BCUT2D eigenvalue weighted by Gasteiger charge is -2.26. The molecular weight excluding hydrogens is 426 g/mol. The van der Waals surface area contributed by atoms with Crippen LogP contribution in [0.4, 0.5) is 0 Å². The minimum Gasteiger partial charge on any atom is -0.481 e. The van der Waals surface area contributed by atoms with Crippen LogP contribution in [0, 0.1) is 5.92 Å². The van der Waals surface area contributed by atoms with Gasteiger partial charge in [0, 0.05) is 6.42 Å². The lowest BCUT2D eigenvalue weighted by Crippen LogP contribution is -2.58. The smallest absolute Gasteiger partial charge is 0.328 e.